The largest absolute Gasteiger partial charge is 0.497 e. The second-order valence-electron chi connectivity index (χ2n) is 7.86. The van der Waals surface area contributed by atoms with E-state index in [1.807, 2.05) is 20.8 Å². The number of anilines is 1. The summed E-state index contributed by atoms with van der Waals surface area (Å²) in [5.41, 5.74) is 0.419. The van der Waals surface area contributed by atoms with Crippen molar-refractivity contribution in [1.29, 1.82) is 0 Å². The van der Waals surface area contributed by atoms with E-state index in [9.17, 15) is 14.0 Å². The molecule has 2 aromatic carbocycles. The highest BCUT2D eigenvalue weighted by Gasteiger charge is 2.36. The highest BCUT2D eigenvalue weighted by molar-refractivity contribution is 7.03. The minimum Gasteiger partial charge on any atom is -0.497 e. The van der Waals surface area contributed by atoms with Crippen molar-refractivity contribution in [3.05, 3.63) is 71.0 Å². The van der Waals surface area contributed by atoms with E-state index in [-0.39, 0.29) is 5.69 Å². The SMILES string of the molecule is COc1cccc(N(C(=O)c2csnn2)C(C(=O)NC(C)(C)C)c2ccc(F)cc2)c1. The van der Waals surface area contributed by atoms with E-state index in [1.165, 1.54) is 41.7 Å². The number of methoxy groups -OCH3 is 1. The number of carbonyl (C=O) groups excluding carboxylic acids is 2. The molecular weight excluding hydrogens is 419 g/mol. The zero-order chi connectivity index (χ0) is 22.6. The van der Waals surface area contributed by atoms with Crippen LogP contribution < -0.4 is 15.0 Å². The van der Waals surface area contributed by atoms with Crippen molar-refractivity contribution in [1.82, 2.24) is 14.9 Å². The first kappa shape index (κ1) is 22.4. The van der Waals surface area contributed by atoms with Gasteiger partial charge in [-0.15, -0.1) is 5.10 Å². The summed E-state index contributed by atoms with van der Waals surface area (Å²) in [5, 5.41) is 8.32. The third kappa shape index (κ3) is 5.43. The summed E-state index contributed by atoms with van der Waals surface area (Å²) in [5.74, 6) is -0.860. The molecule has 1 unspecified atom stereocenters. The molecule has 3 aromatic rings. The molecule has 1 N–H and O–H groups in total. The molecule has 1 heterocycles. The molecule has 0 aliphatic carbocycles. The second kappa shape index (κ2) is 9.22. The molecule has 0 radical (unpaired) electrons. The highest BCUT2D eigenvalue weighted by atomic mass is 32.1. The van der Waals surface area contributed by atoms with Crippen molar-refractivity contribution < 1.29 is 18.7 Å². The highest BCUT2D eigenvalue weighted by Crippen LogP contribution is 2.32. The first-order valence-corrected chi connectivity index (χ1v) is 10.4. The fraction of sp³-hybridized carbons (Fsp3) is 0.273. The second-order valence-corrected chi connectivity index (χ2v) is 8.47. The van der Waals surface area contributed by atoms with E-state index in [0.29, 0.717) is 17.0 Å². The fourth-order valence-corrected chi connectivity index (χ4v) is 3.46. The van der Waals surface area contributed by atoms with Crippen LogP contribution in [-0.4, -0.2) is 34.1 Å². The quantitative estimate of drug-likeness (QED) is 0.624. The van der Waals surface area contributed by atoms with Gasteiger partial charge in [0.2, 0.25) is 5.91 Å². The number of nitrogens with one attached hydrogen (secondary N) is 1. The van der Waals surface area contributed by atoms with Gasteiger partial charge in [0.05, 0.1) is 7.11 Å². The molecule has 7 nitrogen and oxygen atoms in total. The summed E-state index contributed by atoms with van der Waals surface area (Å²) < 4.78 is 22.7. The standard InChI is InChI=1S/C22H23FN4O3S/c1-22(2,3)24-20(28)19(14-8-10-15(23)11-9-14)27(21(29)18-13-31-26-25-18)16-6-5-7-17(12-16)30-4/h5-13,19H,1-4H3,(H,24,28). The van der Waals surface area contributed by atoms with Crippen molar-refractivity contribution >= 4 is 29.0 Å². The van der Waals surface area contributed by atoms with Gasteiger partial charge in [-0.1, -0.05) is 22.7 Å². The summed E-state index contributed by atoms with van der Waals surface area (Å²) >= 11 is 1.03. The maximum absolute atomic E-state index is 13.6. The number of aromatic nitrogens is 2. The molecule has 0 bridgehead atoms. The van der Waals surface area contributed by atoms with Crippen molar-refractivity contribution in [2.45, 2.75) is 32.4 Å². The van der Waals surface area contributed by atoms with Gasteiger partial charge in [0.25, 0.3) is 5.91 Å². The van der Waals surface area contributed by atoms with Crippen molar-refractivity contribution in [3.8, 4) is 5.75 Å². The summed E-state index contributed by atoms with van der Waals surface area (Å²) in [6, 6.07) is 11.2. The number of halogens is 1. The fourth-order valence-electron chi connectivity index (χ4n) is 3.03. The molecule has 162 valence electrons. The lowest BCUT2D eigenvalue weighted by molar-refractivity contribution is -0.123. The monoisotopic (exact) mass is 442 g/mol. The first-order valence-electron chi connectivity index (χ1n) is 9.52. The molecule has 1 atom stereocenters. The van der Waals surface area contributed by atoms with Gasteiger partial charge in [-0.2, -0.15) is 0 Å². The molecule has 0 spiro atoms. The molecule has 2 amide bonds. The zero-order valence-corrected chi connectivity index (χ0v) is 18.4. The normalized spacial score (nSPS) is 12.2. The minimum atomic E-state index is -1.08. The minimum absolute atomic E-state index is 0.100. The molecule has 31 heavy (non-hydrogen) atoms. The third-order valence-corrected chi connectivity index (χ3v) is 4.82. The van der Waals surface area contributed by atoms with E-state index < -0.39 is 29.2 Å². The number of carbonyl (C=O) groups is 2. The first-order chi connectivity index (χ1) is 14.7. The van der Waals surface area contributed by atoms with Gasteiger partial charge in [-0.05, 0) is 62.1 Å². The number of benzene rings is 2. The van der Waals surface area contributed by atoms with Crippen LogP contribution in [0.3, 0.4) is 0 Å². The van der Waals surface area contributed by atoms with Gasteiger partial charge in [0.1, 0.15) is 17.6 Å². The van der Waals surface area contributed by atoms with Crippen LogP contribution in [0, 0.1) is 5.82 Å². The molecule has 0 aliphatic rings. The summed E-state index contributed by atoms with van der Waals surface area (Å²) in [4.78, 5) is 28.2. The Morgan fingerprint density at radius 3 is 2.45 bits per heavy atom. The molecule has 0 fully saturated rings. The molecular formula is C22H23FN4O3S. The Hall–Kier alpha value is -3.33. The topological polar surface area (TPSA) is 84.4 Å². The third-order valence-electron chi connectivity index (χ3n) is 4.32. The lowest BCUT2D eigenvalue weighted by Crippen LogP contribution is -2.49. The van der Waals surface area contributed by atoms with E-state index >= 15 is 0 Å². The maximum atomic E-state index is 13.6. The summed E-state index contributed by atoms with van der Waals surface area (Å²) in [6.07, 6.45) is 0. The van der Waals surface area contributed by atoms with Crippen LogP contribution in [0.1, 0.15) is 42.9 Å². The number of hydrogen-bond donors (Lipinski definition) is 1. The Balaban J connectivity index is 2.19. The van der Waals surface area contributed by atoms with Crippen molar-refractivity contribution in [2.24, 2.45) is 0 Å². The average molecular weight is 443 g/mol. The number of ether oxygens (including phenoxy) is 1. The molecule has 0 saturated carbocycles. The van der Waals surface area contributed by atoms with E-state index in [4.69, 9.17) is 4.74 Å². The Morgan fingerprint density at radius 1 is 1.16 bits per heavy atom. The lowest BCUT2D eigenvalue weighted by Gasteiger charge is -2.33. The maximum Gasteiger partial charge on any atom is 0.280 e. The Kier molecular flexibility index (Phi) is 6.65. The average Bonchev–Trinajstić information content (AvgIpc) is 3.26. The Bertz CT molecular complexity index is 1050. The van der Waals surface area contributed by atoms with Crippen LogP contribution in [0.2, 0.25) is 0 Å². The van der Waals surface area contributed by atoms with Crippen molar-refractivity contribution in [2.75, 3.05) is 12.0 Å². The van der Waals surface area contributed by atoms with Gasteiger partial charge >= 0.3 is 0 Å². The summed E-state index contributed by atoms with van der Waals surface area (Å²) in [7, 11) is 1.51. The molecule has 0 saturated heterocycles. The molecule has 9 heteroatoms. The summed E-state index contributed by atoms with van der Waals surface area (Å²) in [6.45, 7) is 5.53. The zero-order valence-electron chi connectivity index (χ0n) is 17.6. The molecule has 0 aliphatic heterocycles. The van der Waals surface area contributed by atoms with E-state index in [1.54, 1.807) is 24.3 Å². The number of rotatable bonds is 6. The van der Waals surface area contributed by atoms with Gasteiger partial charge in [0.15, 0.2) is 5.69 Å². The van der Waals surface area contributed by atoms with Gasteiger partial charge in [-0.25, -0.2) is 4.39 Å². The number of amides is 2. The smallest absolute Gasteiger partial charge is 0.280 e. The number of nitrogens with zero attached hydrogens (tertiary/aromatic N) is 3. The molecule has 1 aromatic heterocycles. The molecule has 3 rings (SSSR count). The van der Waals surface area contributed by atoms with Crippen LogP contribution in [0.4, 0.5) is 10.1 Å². The van der Waals surface area contributed by atoms with Crippen LogP contribution in [0.5, 0.6) is 5.75 Å². The Labute approximate surface area is 184 Å². The van der Waals surface area contributed by atoms with Crippen LogP contribution in [0.15, 0.2) is 53.9 Å². The van der Waals surface area contributed by atoms with Gasteiger partial charge in [0, 0.05) is 22.7 Å². The van der Waals surface area contributed by atoms with Crippen LogP contribution in [0.25, 0.3) is 0 Å². The predicted octanol–water partition coefficient (Wildman–Crippen LogP) is 3.99. The van der Waals surface area contributed by atoms with Crippen LogP contribution >= 0.6 is 11.5 Å². The predicted molar refractivity (Wildman–Crippen MR) is 117 cm³/mol. The van der Waals surface area contributed by atoms with Crippen LogP contribution in [-0.2, 0) is 4.79 Å². The Morgan fingerprint density at radius 2 is 1.87 bits per heavy atom. The van der Waals surface area contributed by atoms with E-state index in [2.05, 4.69) is 14.9 Å². The van der Waals surface area contributed by atoms with Gasteiger partial charge < -0.3 is 10.1 Å². The van der Waals surface area contributed by atoms with E-state index in [0.717, 1.165) is 11.5 Å². The van der Waals surface area contributed by atoms with Crippen molar-refractivity contribution in [3.63, 3.8) is 0 Å². The lowest BCUT2D eigenvalue weighted by atomic mass is 10.0. The number of hydrogen-bond acceptors (Lipinski definition) is 6. The van der Waals surface area contributed by atoms with Gasteiger partial charge in [-0.3, -0.25) is 14.5 Å².